The van der Waals surface area contributed by atoms with E-state index in [9.17, 15) is 20.1 Å². The van der Waals surface area contributed by atoms with Gasteiger partial charge in [-0.2, -0.15) is 0 Å². The number of aliphatic hydroxyl groups excluding tert-OH is 3. The van der Waals surface area contributed by atoms with Gasteiger partial charge in [-0.05, 0) is 56.3 Å². The summed E-state index contributed by atoms with van der Waals surface area (Å²) in [6.45, 7) is -1.48. The summed E-state index contributed by atoms with van der Waals surface area (Å²) in [7, 11) is 0. The molecule has 6 heteroatoms. The van der Waals surface area contributed by atoms with Crippen molar-refractivity contribution in [1.29, 1.82) is 0 Å². The minimum absolute atomic E-state index is 0.120. The lowest BCUT2D eigenvalue weighted by atomic mass is 9.53. The highest BCUT2D eigenvalue weighted by atomic mass is 16.3. The SMILES string of the molecule is O=C(NC(CO)(CO)CO)NC12CC3CC(CC(C3)C1)C2. The van der Waals surface area contributed by atoms with Gasteiger partial charge in [0.15, 0.2) is 0 Å². The van der Waals surface area contributed by atoms with Crippen LogP contribution in [0.25, 0.3) is 0 Å². The van der Waals surface area contributed by atoms with Gasteiger partial charge in [0.25, 0.3) is 0 Å². The summed E-state index contributed by atoms with van der Waals surface area (Å²) in [6.07, 6.45) is 7.02. The van der Waals surface area contributed by atoms with E-state index in [1.165, 1.54) is 19.3 Å². The number of hydrogen-bond donors (Lipinski definition) is 5. The maximum atomic E-state index is 12.3. The van der Waals surface area contributed by atoms with Gasteiger partial charge in [0.2, 0.25) is 0 Å². The Hall–Kier alpha value is -0.850. The molecule has 0 unspecified atom stereocenters. The Morgan fingerprint density at radius 3 is 1.76 bits per heavy atom. The first-order chi connectivity index (χ1) is 10.0. The number of carbonyl (C=O) groups excluding carboxylic acids is 1. The summed E-state index contributed by atoms with van der Waals surface area (Å²) in [5.74, 6) is 2.19. The second-order valence-corrected chi connectivity index (χ2v) is 7.53. The molecule has 4 fully saturated rings. The highest BCUT2D eigenvalue weighted by Gasteiger charge is 2.51. The molecule has 4 bridgehead atoms. The molecule has 0 saturated heterocycles. The minimum atomic E-state index is -1.35. The van der Waals surface area contributed by atoms with Gasteiger partial charge < -0.3 is 26.0 Å². The predicted molar refractivity (Wildman–Crippen MR) is 76.6 cm³/mol. The molecule has 0 aromatic carbocycles. The Bertz CT molecular complexity index is 365. The minimum Gasteiger partial charge on any atom is -0.394 e. The normalized spacial score (nSPS) is 37.6. The molecular weight excluding hydrogens is 272 g/mol. The van der Waals surface area contributed by atoms with Gasteiger partial charge in [-0.3, -0.25) is 0 Å². The molecule has 0 radical (unpaired) electrons. The number of carbonyl (C=O) groups is 1. The Labute approximate surface area is 124 Å². The van der Waals surface area contributed by atoms with E-state index in [0.717, 1.165) is 37.0 Å². The van der Waals surface area contributed by atoms with Crippen LogP contribution in [0.15, 0.2) is 0 Å². The van der Waals surface area contributed by atoms with Crippen LogP contribution in [-0.2, 0) is 0 Å². The van der Waals surface area contributed by atoms with Crippen molar-refractivity contribution in [3.8, 4) is 0 Å². The molecule has 0 aromatic rings. The van der Waals surface area contributed by atoms with E-state index in [1.54, 1.807) is 0 Å². The van der Waals surface area contributed by atoms with Crippen LogP contribution < -0.4 is 10.6 Å². The van der Waals surface area contributed by atoms with Crippen LogP contribution in [0.2, 0.25) is 0 Å². The van der Waals surface area contributed by atoms with Crippen LogP contribution in [0.1, 0.15) is 38.5 Å². The van der Waals surface area contributed by atoms with E-state index >= 15 is 0 Å². The van der Waals surface area contributed by atoms with E-state index in [-0.39, 0.29) is 5.54 Å². The second kappa shape index (κ2) is 5.41. The summed E-state index contributed by atoms with van der Waals surface area (Å²) in [4.78, 5) is 12.3. The molecule has 0 spiro atoms. The largest absolute Gasteiger partial charge is 0.394 e. The van der Waals surface area contributed by atoms with Crippen molar-refractivity contribution in [3.63, 3.8) is 0 Å². The smallest absolute Gasteiger partial charge is 0.315 e. The van der Waals surface area contributed by atoms with Crippen molar-refractivity contribution in [2.45, 2.75) is 49.6 Å². The molecule has 4 saturated carbocycles. The van der Waals surface area contributed by atoms with Crippen LogP contribution >= 0.6 is 0 Å². The average molecular weight is 298 g/mol. The Morgan fingerprint density at radius 2 is 1.38 bits per heavy atom. The topological polar surface area (TPSA) is 102 Å². The van der Waals surface area contributed by atoms with Crippen LogP contribution in [0.4, 0.5) is 4.79 Å². The maximum Gasteiger partial charge on any atom is 0.315 e. The van der Waals surface area contributed by atoms with Crippen LogP contribution in [-0.4, -0.2) is 52.2 Å². The standard InChI is InChI=1S/C15H26N2O4/c18-7-15(8-19,9-20)17-13(21)16-14-4-10-1-11(5-14)3-12(2-10)6-14/h10-12,18-20H,1-9H2,(H2,16,17,21). The van der Waals surface area contributed by atoms with E-state index in [0.29, 0.717) is 0 Å². The van der Waals surface area contributed by atoms with E-state index in [1.807, 2.05) is 0 Å². The summed E-state index contributed by atoms with van der Waals surface area (Å²) < 4.78 is 0. The van der Waals surface area contributed by atoms with Gasteiger partial charge in [0.05, 0.1) is 19.8 Å². The molecular formula is C15H26N2O4. The third-order valence-corrected chi connectivity index (χ3v) is 5.70. The number of nitrogens with one attached hydrogen (secondary N) is 2. The number of aliphatic hydroxyl groups is 3. The summed E-state index contributed by atoms with van der Waals surface area (Å²) in [6, 6.07) is -0.394. The number of urea groups is 1. The molecule has 0 aromatic heterocycles. The Morgan fingerprint density at radius 1 is 0.952 bits per heavy atom. The number of amides is 2. The third kappa shape index (κ3) is 2.76. The fraction of sp³-hybridized carbons (Fsp3) is 0.933. The van der Waals surface area contributed by atoms with Crippen molar-refractivity contribution in [3.05, 3.63) is 0 Å². The predicted octanol–water partition coefficient (Wildman–Crippen LogP) is -0.0299. The molecule has 0 heterocycles. The molecule has 2 amide bonds. The lowest BCUT2D eigenvalue weighted by Gasteiger charge is -2.57. The van der Waals surface area contributed by atoms with Gasteiger partial charge in [-0.25, -0.2) is 4.79 Å². The highest BCUT2D eigenvalue weighted by molar-refractivity contribution is 5.76. The first kappa shape index (κ1) is 15.1. The van der Waals surface area contributed by atoms with Crippen molar-refractivity contribution in [1.82, 2.24) is 10.6 Å². The number of hydrogen-bond acceptors (Lipinski definition) is 4. The van der Waals surface area contributed by atoms with Crippen molar-refractivity contribution >= 4 is 6.03 Å². The first-order valence-corrected chi connectivity index (χ1v) is 7.95. The number of rotatable bonds is 5. The van der Waals surface area contributed by atoms with E-state index in [4.69, 9.17) is 0 Å². The Kier molecular flexibility index (Phi) is 3.88. The van der Waals surface area contributed by atoms with Crippen LogP contribution in [0.5, 0.6) is 0 Å². The average Bonchev–Trinajstić information content (AvgIpc) is 2.43. The van der Waals surface area contributed by atoms with Gasteiger partial charge in [-0.15, -0.1) is 0 Å². The zero-order valence-corrected chi connectivity index (χ0v) is 12.3. The first-order valence-electron chi connectivity index (χ1n) is 7.95. The zero-order valence-electron chi connectivity index (χ0n) is 12.3. The van der Waals surface area contributed by atoms with Crippen molar-refractivity contribution in [2.24, 2.45) is 17.8 Å². The summed E-state index contributed by atoms with van der Waals surface area (Å²) in [5, 5.41) is 33.5. The maximum absolute atomic E-state index is 12.3. The fourth-order valence-corrected chi connectivity index (χ4v) is 5.05. The fourth-order valence-electron chi connectivity index (χ4n) is 5.05. The summed E-state index contributed by atoms with van der Waals surface area (Å²) >= 11 is 0. The summed E-state index contributed by atoms with van der Waals surface area (Å²) in [5.41, 5.74) is -1.47. The van der Waals surface area contributed by atoms with Crippen LogP contribution in [0.3, 0.4) is 0 Å². The molecule has 4 rings (SSSR count). The molecule has 4 aliphatic carbocycles. The lowest BCUT2D eigenvalue weighted by Crippen LogP contribution is -2.65. The van der Waals surface area contributed by atoms with Gasteiger partial charge in [0.1, 0.15) is 5.54 Å². The van der Waals surface area contributed by atoms with Gasteiger partial charge in [0, 0.05) is 5.54 Å². The lowest BCUT2D eigenvalue weighted by molar-refractivity contribution is -0.0156. The quantitative estimate of drug-likeness (QED) is 0.492. The molecule has 120 valence electrons. The monoisotopic (exact) mass is 298 g/mol. The molecule has 0 aliphatic heterocycles. The van der Waals surface area contributed by atoms with Crippen molar-refractivity contribution in [2.75, 3.05) is 19.8 Å². The molecule has 6 nitrogen and oxygen atoms in total. The second-order valence-electron chi connectivity index (χ2n) is 7.53. The molecule has 4 aliphatic rings. The Balaban J connectivity index is 1.65. The van der Waals surface area contributed by atoms with Crippen molar-refractivity contribution < 1.29 is 20.1 Å². The third-order valence-electron chi connectivity index (χ3n) is 5.70. The zero-order chi connectivity index (χ0) is 15.1. The molecule has 0 atom stereocenters. The van der Waals surface area contributed by atoms with E-state index < -0.39 is 31.4 Å². The van der Waals surface area contributed by atoms with E-state index in [2.05, 4.69) is 10.6 Å². The molecule has 5 N–H and O–H groups in total. The van der Waals surface area contributed by atoms with Crippen LogP contribution in [0, 0.1) is 17.8 Å². The highest BCUT2D eigenvalue weighted by Crippen LogP contribution is 2.55. The van der Waals surface area contributed by atoms with Gasteiger partial charge >= 0.3 is 6.03 Å². The molecule has 21 heavy (non-hydrogen) atoms. The van der Waals surface area contributed by atoms with Gasteiger partial charge in [-0.1, -0.05) is 0 Å².